The average Bonchev–Trinajstić information content (AvgIpc) is 2.97. The lowest BCUT2D eigenvalue weighted by molar-refractivity contribution is 0.676. The van der Waals surface area contributed by atoms with Crippen LogP contribution in [0, 0.1) is 0 Å². The summed E-state index contributed by atoms with van der Waals surface area (Å²) in [4.78, 5) is 0. The Balaban J connectivity index is 0.00000128. The number of hydrogen-bond donors (Lipinski definition) is 1. The number of rotatable bonds is 4. The van der Waals surface area contributed by atoms with Crippen molar-refractivity contribution >= 4 is 11.6 Å². The van der Waals surface area contributed by atoms with E-state index in [0.717, 1.165) is 17.6 Å². The van der Waals surface area contributed by atoms with Crippen molar-refractivity contribution in [1.29, 1.82) is 0 Å². The Morgan fingerprint density at radius 2 is 2.06 bits per heavy atom. The SMILES string of the molecule is C.CC(C)c1ccc(Cl)cc1CNC1CC1. The number of benzene rings is 1. The second-order valence-electron chi connectivity index (χ2n) is 4.65. The minimum absolute atomic E-state index is 0. The molecule has 1 aliphatic carbocycles. The number of halogens is 1. The molecule has 0 bridgehead atoms. The Hall–Kier alpha value is -0.530. The Labute approximate surface area is 104 Å². The lowest BCUT2D eigenvalue weighted by atomic mass is 9.97. The van der Waals surface area contributed by atoms with E-state index in [2.05, 4.69) is 31.3 Å². The van der Waals surface area contributed by atoms with E-state index in [-0.39, 0.29) is 7.43 Å². The summed E-state index contributed by atoms with van der Waals surface area (Å²) >= 11 is 6.02. The molecular formula is C14H22ClN. The van der Waals surface area contributed by atoms with E-state index in [4.69, 9.17) is 11.6 Å². The zero-order chi connectivity index (χ0) is 10.8. The maximum atomic E-state index is 6.02. The average molecular weight is 240 g/mol. The topological polar surface area (TPSA) is 12.0 Å². The van der Waals surface area contributed by atoms with Gasteiger partial charge in [-0.3, -0.25) is 0 Å². The Bertz CT molecular complexity index is 343. The van der Waals surface area contributed by atoms with Crippen LogP contribution in [0.25, 0.3) is 0 Å². The van der Waals surface area contributed by atoms with Crippen LogP contribution in [-0.4, -0.2) is 6.04 Å². The summed E-state index contributed by atoms with van der Waals surface area (Å²) in [5.74, 6) is 0.568. The van der Waals surface area contributed by atoms with Crippen molar-refractivity contribution in [3.05, 3.63) is 34.3 Å². The molecule has 1 nitrogen and oxygen atoms in total. The van der Waals surface area contributed by atoms with Gasteiger partial charge in [0.05, 0.1) is 0 Å². The van der Waals surface area contributed by atoms with Crippen LogP contribution in [0.4, 0.5) is 0 Å². The fraction of sp³-hybridized carbons (Fsp3) is 0.571. The highest BCUT2D eigenvalue weighted by atomic mass is 35.5. The van der Waals surface area contributed by atoms with Gasteiger partial charge in [0.2, 0.25) is 0 Å². The molecule has 2 rings (SSSR count). The van der Waals surface area contributed by atoms with Crippen molar-refractivity contribution in [3.8, 4) is 0 Å². The predicted molar refractivity (Wildman–Crippen MR) is 72.1 cm³/mol. The molecule has 0 atom stereocenters. The van der Waals surface area contributed by atoms with Gasteiger partial charge in [0.1, 0.15) is 0 Å². The summed E-state index contributed by atoms with van der Waals surface area (Å²) in [5.41, 5.74) is 2.76. The van der Waals surface area contributed by atoms with Crippen LogP contribution in [0.15, 0.2) is 18.2 Å². The Kier molecular flexibility index (Phi) is 4.82. The summed E-state index contributed by atoms with van der Waals surface area (Å²) in [6.45, 7) is 5.41. The molecule has 1 fully saturated rings. The van der Waals surface area contributed by atoms with Crippen LogP contribution in [0.2, 0.25) is 5.02 Å². The molecule has 1 aromatic carbocycles. The van der Waals surface area contributed by atoms with Gasteiger partial charge in [0.25, 0.3) is 0 Å². The highest BCUT2D eigenvalue weighted by Gasteiger charge is 2.20. The van der Waals surface area contributed by atoms with Gasteiger partial charge in [-0.15, -0.1) is 0 Å². The predicted octanol–water partition coefficient (Wildman–Crippen LogP) is 4.35. The molecule has 0 aliphatic heterocycles. The first-order chi connectivity index (χ1) is 7.16. The molecule has 0 amide bonds. The Morgan fingerprint density at radius 3 is 2.62 bits per heavy atom. The van der Waals surface area contributed by atoms with Crippen LogP contribution in [0.3, 0.4) is 0 Å². The van der Waals surface area contributed by atoms with E-state index < -0.39 is 0 Å². The third-order valence-corrected chi connectivity index (χ3v) is 3.12. The molecule has 0 spiro atoms. The molecular weight excluding hydrogens is 218 g/mol. The minimum atomic E-state index is 0. The first-order valence-corrected chi connectivity index (χ1v) is 6.06. The molecule has 0 radical (unpaired) electrons. The van der Waals surface area contributed by atoms with Gasteiger partial charge in [-0.25, -0.2) is 0 Å². The maximum Gasteiger partial charge on any atom is 0.0409 e. The summed E-state index contributed by atoms with van der Waals surface area (Å²) in [6, 6.07) is 6.98. The largest absolute Gasteiger partial charge is 0.310 e. The molecule has 0 unspecified atom stereocenters. The van der Waals surface area contributed by atoms with E-state index in [1.165, 1.54) is 24.0 Å². The summed E-state index contributed by atoms with van der Waals surface area (Å²) < 4.78 is 0. The first-order valence-electron chi connectivity index (χ1n) is 5.68. The van der Waals surface area contributed by atoms with Gasteiger partial charge in [0.15, 0.2) is 0 Å². The molecule has 1 saturated carbocycles. The zero-order valence-electron chi connectivity index (χ0n) is 9.39. The normalized spacial score (nSPS) is 15.0. The van der Waals surface area contributed by atoms with Crippen LogP contribution in [0.1, 0.15) is 51.2 Å². The van der Waals surface area contributed by atoms with Crippen molar-refractivity contribution in [1.82, 2.24) is 5.32 Å². The molecule has 0 saturated heterocycles. The van der Waals surface area contributed by atoms with Gasteiger partial charge >= 0.3 is 0 Å². The van der Waals surface area contributed by atoms with Crippen molar-refractivity contribution < 1.29 is 0 Å². The van der Waals surface area contributed by atoms with Gasteiger partial charge in [-0.2, -0.15) is 0 Å². The van der Waals surface area contributed by atoms with Gasteiger partial charge in [-0.1, -0.05) is 38.9 Å². The van der Waals surface area contributed by atoms with E-state index in [1.54, 1.807) is 0 Å². The Morgan fingerprint density at radius 1 is 1.38 bits per heavy atom. The zero-order valence-corrected chi connectivity index (χ0v) is 10.1. The maximum absolute atomic E-state index is 6.02. The monoisotopic (exact) mass is 239 g/mol. The van der Waals surface area contributed by atoms with Crippen molar-refractivity contribution in [2.24, 2.45) is 0 Å². The van der Waals surface area contributed by atoms with Crippen LogP contribution >= 0.6 is 11.6 Å². The molecule has 1 aromatic rings. The van der Waals surface area contributed by atoms with Gasteiger partial charge in [0, 0.05) is 17.6 Å². The van der Waals surface area contributed by atoms with E-state index >= 15 is 0 Å². The molecule has 2 heteroatoms. The summed E-state index contributed by atoms with van der Waals surface area (Å²) in [5, 5.41) is 4.38. The van der Waals surface area contributed by atoms with E-state index in [9.17, 15) is 0 Å². The van der Waals surface area contributed by atoms with Crippen molar-refractivity contribution in [2.75, 3.05) is 0 Å². The standard InChI is InChI=1S/C13H18ClN.CH4/c1-9(2)13-6-3-11(14)7-10(13)8-15-12-4-5-12;/h3,6-7,9,12,15H,4-5,8H2,1-2H3;1H4. The molecule has 0 aromatic heterocycles. The number of nitrogens with one attached hydrogen (secondary N) is 1. The third-order valence-electron chi connectivity index (χ3n) is 2.89. The van der Waals surface area contributed by atoms with Crippen LogP contribution < -0.4 is 5.32 Å². The lowest BCUT2D eigenvalue weighted by Gasteiger charge is -2.13. The number of hydrogen-bond acceptors (Lipinski definition) is 1. The fourth-order valence-corrected chi connectivity index (χ4v) is 2.03. The van der Waals surface area contributed by atoms with E-state index in [1.807, 2.05) is 6.07 Å². The second kappa shape index (κ2) is 5.70. The second-order valence-corrected chi connectivity index (χ2v) is 5.09. The molecule has 1 N–H and O–H groups in total. The first kappa shape index (κ1) is 13.5. The van der Waals surface area contributed by atoms with Crippen molar-refractivity contribution in [3.63, 3.8) is 0 Å². The quantitative estimate of drug-likeness (QED) is 0.824. The summed E-state index contributed by atoms with van der Waals surface area (Å²) in [6.07, 6.45) is 2.66. The van der Waals surface area contributed by atoms with Gasteiger partial charge < -0.3 is 5.32 Å². The molecule has 16 heavy (non-hydrogen) atoms. The van der Waals surface area contributed by atoms with Gasteiger partial charge in [-0.05, 0) is 42.0 Å². The molecule has 90 valence electrons. The van der Waals surface area contributed by atoms with Crippen LogP contribution in [-0.2, 0) is 6.54 Å². The minimum Gasteiger partial charge on any atom is -0.310 e. The fourth-order valence-electron chi connectivity index (χ4n) is 1.83. The molecule has 1 aliphatic rings. The molecule has 0 heterocycles. The van der Waals surface area contributed by atoms with E-state index in [0.29, 0.717) is 5.92 Å². The highest BCUT2D eigenvalue weighted by Crippen LogP contribution is 2.25. The van der Waals surface area contributed by atoms with Crippen molar-refractivity contribution in [2.45, 2.75) is 52.6 Å². The lowest BCUT2D eigenvalue weighted by Crippen LogP contribution is -2.16. The smallest absolute Gasteiger partial charge is 0.0409 e. The third kappa shape index (κ3) is 3.50. The van der Waals surface area contributed by atoms with Crippen LogP contribution in [0.5, 0.6) is 0 Å². The summed E-state index contributed by atoms with van der Waals surface area (Å²) in [7, 11) is 0. The highest BCUT2D eigenvalue weighted by molar-refractivity contribution is 6.30.